The van der Waals surface area contributed by atoms with Gasteiger partial charge >= 0.3 is 6.18 Å². The number of nitrogens with one attached hydrogen (secondary N) is 2. The summed E-state index contributed by atoms with van der Waals surface area (Å²) in [6.45, 7) is 1.87. The van der Waals surface area contributed by atoms with Crippen LogP contribution in [0.4, 0.5) is 32.2 Å². The molecular formula is C37H32ClF6N7O4S. The molecule has 3 atom stereocenters. The van der Waals surface area contributed by atoms with Gasteiger partial charge in [-0.1, -0.05) is 35.7 Å². The van der Waals surface area contributed by atoms with Crippen molar-refractivity contribution in [3.05, 3.63) is 93.3 Å². The van der Waals surface area contributed by atoms with Crippen molar-refractivity contribution in [3.63, 3.8) is 0 Å². The van der Waals surface area contributed by atoms with Crippen molar-refractivity contribution < 1.29 is 44.7 Å². The zero-order valence-corrected chi connectivity index (χ0v) is 31.5. The van der Waals surface area contributed by atoms with Gasteiger partial charge in [-0.15, -0.1) is 0 Å². The van der Waals surface area contributed by atoms with Crippen molar-refractivity contribution in [3.8, 4) is 23.0 Å². The van der Waals surface area contributed by atoms with E-state index in [1.807, 2.05) is 0 Å². The van der Waals surface area contributed by atoms with Crippen LogP contribution in [0.3, 0.4) is 0 Å². The molecular weight excluding hydrogens is 788 g/mol. The molecule has 3 heterocycles. The van der Waals surface area contributed by atoms with E-state index in [0.29, 0.717) is 26.9 Å². The van der Waals surface area contributed by atoms with Gasteiger partial charge in [-0.05, 0) is 74.4 Å². The first-order valence-corrected chi connectivity index (χ1v) is 19.3. The SMILES string of the molecule is Cn1nc(NS(C)(=O)=O)c2c(Cl)ccc(-c3ccc(C#CC(C)(C)O)nc3[C@H](Cc3cccc(F)c3)NC(=O)Cn3nc(C(F)(F)F)c4c3C(F)(F)[C@@H]3C[C@H]43)c21. The normalized spacial score (nSPS) is 17.9. The molecule has 294 valence electrons. The van der Waals surface area contributed by atoms with Gasteiger partial charge in [0.15, 0.2) is 11.5 Å². The van der Waals surface area contributed by atoms with Crippen molar-refractivity contribution in [1.29, 1.82) is 0 Å². The van der Waals surface area contributed by atoms with Crippen LogP contribution in [0.15, 0.2) is 48.5 Å². The van der Waals surface area contributed by atoms with Crippen molar-refractivity contribution in [2.75, 3.05) is 11.0 Å². The van der Waals surface area contributed by atoms with Crippen LogP contribution in [0.5, 0.6) is 0 Å². The molecule has 56 heavy (non-hydrogen) atoms. The summed E-state index contributed by atoms with van der Waals surface area (Å²) < 4.78 is 116. The molecule has 0 unspecified atom stereocenters. The molecule has 0 radical (unpaired) electrons. The number of nitrogens with zero attached hydrogens (tertiary/aromatic N) is 5. The van der Waals surface area contributed by atoms with E-state index >= 15 is 8.78 Å². The van der Waals surface area contributed by atoms with Gasteiger partial charge in [-0.3, -0.25) is 18.9 Å². The summed E-state index contributed by atoms with van der Waals surface area (Å²) >= 11 is 6.57. The fourth-order valence-corrected chi connectivity index (χ4v) is 7.92. The summed E-state index contributed by atoms with van der Waals surface area (Å²) in [6, 6.07) is 10.4. The lowest BCUT2D eigenvalue weighted by molar-refractivity contribution is -0.142. The van der Waals surface area contributed by atoms with Gasteiger partial charge in [0.25, 0.3) is 5.92 Å². The quantitative estimate of drug-likeness (QED) is 0.115. The first-order chi connectivity index (χ1) is 26.0. The Bertz CT molecular complexity index is 2610. The molecule has 0 saturated heterocycles. The summed E-state index contributed by atoms with van der Waals surface area (Å²) in [7, 11) is -2.28. The van der Waals surface area contributed by atoms with Crippen LogP contribution in [-0.2, 0) is 46.9 Å². The first kappa shape index (κ1) is 39.1. The monoisotopic (exact) mass is 819 g/mol. The fourth-order valence-electron chi connectivity index (χ4n) is 7.18. The molecule has 2 aromatic carbocycles. The number of aromatic nitrogens is 5. The minimum Gasteiger partial charge on any atom is -0.378 e. The lowest BCUT2D eigenvalue weighted by Crippen LogP contribution is -2.35. The number of hydrogen-bond acceptors (Lipinski definition) is 7. The number of pyridine rings is 1. The third-order valence-corrected chi connectivity index (χ3v) is 10.3. The number of halogens is 7. The average Bonchev–Trinajstić information content (AvgIpc) is 3.61. The number of sulfonamides is 1. The van der Waals surface area contributed by atoms with E-state index in [2.05, 4.69) is 32.1 Å². The van der Waals surface area contributed by atoms with Gasteiger partial charge in [0.2, 0.25) is 15.9 Å². The lowest BCUT2D eigenvalue weighted by atomic mass is 9.93. The molecule has 3 aromatic heterocycles. The summed E-state index contributed by atoms with van der Waals surface area (Å²) in [5.41, 5.74) is -2.92. The highest BCUT2D eigenvalue weighted by Crippen LogP contribution is 2.68. The second kappa shape index (κ2) is 13.5. The number of aliphatic hydroxyl groups is 1. The topological polar surface area (TPSA) is 144 Å². The second-order valence-electron chi connectivity index (χ2n) is 14.4. The Labute approximate surface area is 321 Å². The molecule has 2 aliphatic rings. The van der Waals surface area contributed by atoms with Gasteiger partial charge in [0, 0.05) is 29.7 Å². The molecule has 11 nitrogen and oxygen atoms in total. The van der Waals surface area contributed by atoms with Gasteiger partial charge in [-0.25, -0.2) is 17.8 Å². The zero-order valence-electron chi connectivity index (χ0n) is 29.9. The van der Waals surface area contributed by atoms with Crippen LogP contribution >= 0.6 is 11.6 Å². The largest absolute Gasteiger partial charge is 0.435 e. The molecule has 0 aliphatic heterocycles. The molecule has 0 spiro atoms. The number of carbonyl (C=O) groups is 1. The number of hydrogen-bond donors (Lipinski definition) is 3. The minimum atomic E-state index is -5.05. The van der Waals surface area contributed by atoms with Gasteiger partial charge in [0.05, 0.1) is 33.9 Å². The van der Waals surface area contributed by atoms with E-state index in [4.69, 9.17) is 16.6 Å². The Kier molecular flexibility index (Phi) is 9.45. The predicted octanol–water partition coefficient (Wildman–Crippen LogP) is 6.45. The minimum absolute atomic E-state index is 0.0805. The Balaban J connectivity index is 1.38. The Hall–Kier alpha value is -5.12. The van der Waals surface area contributed by atoms with Crippen molar-refractivity contribution in [1.82, 2.24) is 29.9 Å². The summed E-state index contributed by atoms with van der Waals surface area (Å²) in [5, 5.41) is 21.2. The van der Waals surface area contributed by atoms with Gasteiger partial charge in [0.1, 0.15) is 29.4 Å². The maximum Gasteiger partial charge on any atom is 0.435 e. The zero-order chi connectivity index (χ0) is 40.7. The lowest BCUT2D eigenvalue weighted by Gasteiger charge is -2.23. The predicted molar refractivity (Wildman–Crippen MR) is 194 cm³/mol. The number of alkyl halides is 5. The van der Waals surface area contributed by atoms with Crippen molar-refractivity contribution in [2.45, 2.75) is 62.9 Å². The van der Waals surface area contributed by atoms with E-state index in [1.54, 1.807) is 18.2 Å². The number of fused-ring (bicyclic) bond motifs is 4. The third kappa shape index (κ3) is 7.54. The van der Waals surface area contributed by atoms with Crippen LogP contribution in [-0.4, -0.2) is 55.8 Å². The van der Waals surface area contributed by atoms with E-state index in [0.717, 1.165) is 6.26 Å². The number of aryl methyl sites for hydroxylation is 1. The maximum atomic E-state index is 15.4. The Morgan fingerprint density at radius 3 is 2.50 bits per heavy atom. The second-order valence-corrected chi connectivity index (χ2v) is 16.6. The number of carbonyl (C=O) groups excluding carboxylic acids is 1. The van der Waals surface area contributed by atoms with Crippen LogP contribution in [0.1, 0.15) is 66.1 Å². The number of amides is 1. The summed E-state index contributed by atoms with van der Waals surface area (Å²) in [5.74, 6) is -2.26. The van der Waals surface area contributed by atoms with E-state index in [9.17, 15) is 35.9 Å². The number of benzene rings is 2. The highest BCUT2D eigenvalue weighted by Gasteiger charge is 2.68. The van der Waals surface area contributed by atoms with Crippen LogP contribution in [0, 0.1) is 23.6 Å². The molecule has 1 amide bonds. The highest BCUT2D eigenvalue weighted by molar-refractivity contribution is 7.92. The average molecular weight is 820 g/mol. The molecule has 1 saturated carbocycles. The number of anilines is 1. The Morgan fingerprint density at radius 1 is 1.12 bits per heavy atom. The Morgan fingerprint density at radius 2 is 1.84 bits per heavy atom. The number of rotatable bonds is 9. The van der Waals surface area contributed by atoms with Crippen molar-refractivity contribution in [2.24, 2.45) is 13.0 Å². The summed E-state index contributed by atoms with van der Waals surface area (Å²) in [4.78, 5) is 18.6. The van der Waals surface area contributed by atoms with Crippen molar-refractivity contribution >= 4 is 44.3 Å². The van der Waals surface area contributed by atoms with E-state index in [1.165, 1.54) is 55.9 Å². The first-order valence-electron chi connectivity index (χ1n) is 17.0. The molecule has 3 N–H and O–H groups in total. The van der Waals surface area contributed by atoms with Gasteiger partial charge < -0.3 is 10.4 Å². The van der Waals surface area contributed by atoms with Crippen LogP contribution in [0.25, 0.3) is 22.0 Å². The van der Waals surface area contributed by atoms with Crippen LogP contribution < -0.4 is 10.0 Å². The molecule has 5 aromatic rings. The molecule has 19 heteroatoms. The maximum absolute atomic E-state index is 15.4. The van der Waals surface area contributed by atoms with Gasteiger partial charge in [-0.2, -0.15) is 32.1 Å². The molecule has 1 fully saturated rings. The standard InChI is InChI=1S/C37H32ClF6N7O4S/c1-35(2,53)13-12-20-8-9-21(22-10-11-25(38)29-31(22)50(3)48-34(29)49-56(4,54)55)30(45-20)26(15-18-6-5-7-19(39)14-18)46-27(52)17-51-33-28(32(47-51)37(42,43)44)23-16-24(23)36(33,40)41/h5-11,14,23-24,26,53H,15-17H2,1-4H3,(H,46,52)(H,48,49)/t23-,24+,26-/m0/s1. The molecule has 0 bridgehead atoms. The van der Waals surface area contributed by atoms with Crippen LogP contribution in [0.2, 0.25) is 5.02 Å². The molecule has 2 aliphatic carbocycles. The fraction of sp³-hybridized carbons (Fsp3) is 0.351. The van der Waals surface area contributed by atoms with E-state index < -0.39 is 80.8 Å². The molecule has 7 rings (SSSR count). The van der Waals surface area contributed by atoms with E-state index in [-0.39, 0.29) is 40.5 Å². The third-order valence-electron chi connectivity index (χ3n) is 9.42. The highest BCUT2D eigenvalue weighted by atomic mass is 35.5. The summed E-state index contributed by atoms with van der Waals surface area (Å²) in [6.07, 6.45) is -4.40. The smallest absolute Gasteiger partial charge is 0.378 e.